The van der Waals surface area contributed by atoms with Crippen molar-refractivity contribution in [3.05, 3.63) is 76.0 Å². The number of aromatic nitrogens is 1. The summed E-state index contributed by atoms with van der Waals surface area (Å²) in [7, 11) is -1.76. The molecule has 36 heavy (non-hydrogen) atoms. The molecule has 0 unspecified atom stereocenters. The Morgan fingerprint density at radius 2 is 1.83 bits per heavy atom. The van der Waals surface area contributed by atoms with E-state index in [0.29, 0.717) is 39.6 Å². The van der Waals surface area contributed by atoms with Gasteiger partial charge in [0.1, 0.15) is 12.4 Å². The summed E-state index contributed by atoms with van der Waals surface area (Å²) in [6, 6.07) is 11.8. The predicted octanol–water partition coefficient (Wildman–Crippen LogP) is 5.80. The number of ether oxygens (including phenoxy) is 2. The molecule has 1 saturated heterocycles. The van der Waals surface area contributed by atoms with Crippen LogP contribution >= 0.6 is 23.2 Å². The van der Waals surface area contributed by atoms with Crippen LogP contribution in [0.15, 0.2) is 59.8 Å². The fourth-order valence-corrected chi connectivity index (χ4v) is 5.75. The highest BCUT2D eigenvalue weighted by atomic mass is 35.5. The fourth-order valence-electron chi connectivity index (χ4n) is 4.00. The van der Waals surface area contributed by atoms with Gasteiger partial charge in [-0.25, -0.2) is 8.42 Å². The molecule has 3 aromatic rings. The zero-order valence-electron chi connectivity index (χ0n) is 20.2. The van der Waals surface area contributed by atoms with Gasteiger partial charge in [0.2, 0.25) is 0 Å². The average Bonchev–Trinajstić information content (AvgIpc) is 2.86. The Morgan fingerprint density at radius 3 is 2.61 bits per heavy atom. The summed E-state index contributed by atoms with van der Waals surface area (Å²) in [6.07, 6.45) is 5.17. The summed E-state index contributed by atoms with van der Waals surface area (Å²) in [4.78, 5) is 6.50. The first kappa shape index (κ1) is 26.5. The van der Waals surface area contributed by atoms with Crippen LogP contribution in [0.1, 0.15) is 24.0 Å². The zero-order valence-corrected chi connectivity index (χ0v) is 22.5. The molecular weight excluding hydrogens is 521 g/mol. The standard InChI is InChI=1S/C26H29Cl2N3O4S/c1-18-21(27)4-3-5-26(18)36(32,33)30-23-8-11-29-15-25(23)35-17-20-6-7-22(28)24(14-20)34-16-19-9-12-31(2)13-10-19/h3-8,11,14-15,19H,9-10,12-13,16-17H2,1-2H3,(H,29,30). The first-order valence-corrected chi connectivity index (χ1v) is 13.9. The van der Waals surface area contributed by atoms with Gasteiger partial charge in [-0.05, 0) is 87.3 Å². The van der Waals surface area contributed by atoms with Gasteiger partial charge >= 0.3 is 0 Å². The molecule has 0 atom stereocenters. The van der Waals surface area contributed by atoms with Gasteiger partial charge in [-0.15, -0.1) is 0 Å². The molecule has 192 valence electrons. The maximum atomic E-state index is 13.0. The van der Waals surface area contributed by atoms with Crippen LogP contribution in [-0.2, 0) is 16.6 Å². The number of piperidine rings is 1. The molecule has 0 aliphatic carbocycles. The fraction of sp³-hybridized carbons (Fsp3) is 0.346. The Kier molecular flexibility index (Phi) is 8.62. The van der Waals surface area contributed by atoms with E-state index in [0.717, 1.165) is 31.5 Å². The van der Waals surface area contributed by atoms with E-state index < -0.39 is 10.0 Å². The van der Waals surface area contributed by atoms with Crippen molar-refractivity contribution in [1.29, 1.82) is 0 Å². The number of sulfonamides is 1. The largest absolute Gasteiger partial charge is 0.492 e. The molecule has 2 heterocycles. The van der Waals surface area contributed by atoms with Gasteiger partial charge < -0.3 is 14.4 Å². The van der Waals surface area contributed by atoms with Crippen molar-refractivity contribution in [2.45, 2.75) is 31.3 Å². The molecule has 0 radical (unpaired) electrons. The Morgan fingerprint density at radius 1 is 1.06 bits per heavy atom. The van der Waals surface area contributed by atoms with Crippen LogP contribution in [0.5, 0.6) is 11.5 Å². The molecule has 0 amide bonds. The van der Waals surface area contributed by atoms with Gasteiger partial charge in [0.05, 0.1) is 28.4 Å². The summed E-state index contributed by atoms with van der Waals surface area (Å²) in [5.41, 5.74) is 1.58. The lowest BCUT2D eigenvalue weighted by Crippen LogP contribution is -2.32. The number of hydrogen-bond donors (Lipinski definition) is 1. The third-order valence-electron chi connectivity index (χ3n) is 6.24. The third-order valence-corrected chi connectivity index (χ3v) is 8.47. The van der Waals surface area contributed by atoms with Crippen molar-refractivity contribution < 1.29 is 17.9 Å². The van der Waals surface area contributed by atoms with Gasteiger partial charge in [0.15, 0.2) is 5.75 Å². The second-order valence-corrected chi connectivity index (χ2v) is 11.4. The summed E-state index contributed by atoms with van der Waals surface area (Å²) >= 11 is 12.5. The first-order valence-electron chi connectivity index (χ1n) is 11.7. The molecule has 1 fully saturated rings. The molecule has 7 nitrogen and oxygen atoms in total. The van der Waals surface area contributed by atoms with Gasteiger partial charge in [0.25, 0.3) is 10.0 Å². The topological polar surface area (TPSA) is 80.8 Å². The van der Waals surface area contributed by atoms with E-state index >= 15 is 0 Å². The molecule has 1 aliphatic rings. The van der Waals surface area contributed by atoms with E-state index in [9.17, 15) is 8.42 Å². The second kappa shape index (κ2) is 11.7. The van der Waals surface area contributed by atoms with Gasteiger partial charge in [-0.1, -0.05) is 35.3 Å². The SMILES string of the molecule is Cc1c(Cl)cccc1S(=O)(=O)Nc1ccncc1OCc1ccc(Cl)c(OCC2CCN(C)CC2)c1. The van der Waals surface area contributed by atoms with Gasteiger partial charge in [-0.3, -0.25) is 9.71 Å². The number of anilines is 1. The monoisotopic (exact) mass is 549 g/mol. The molecule has 0 spiro atoms. The smallest absolute Gasteiger partial charge is 0.262 e. The van der Waals surface area contributed by atoms with Crippen molar-refractivity contribution >= 4 is 38.9 Å². The first-order chi connectivity index (χ1) is 17.2. The van der Waals surface area contributed by atoms with Crippen molar-refractivity contribution in [3.63, 3.8) is 0 Å². The number of nitrogens with one attached hydrogen (secondary N) is 1. The molecule has 1 aliphatic heterocycles. The maximum Gasteiger partial charge on any atom is 0.262 e. The minimum Gasteiger partial charge on any atom is -0.492 e. The highest BCUT2D eigenvalue weighted by Gasteiger charge is 2.21. The normalized spacial score (nSPS) is 15.0. The lowest BCUT2D eigenvalue weighted by atomic mass is 9.98. The molecule has 2 aromatic carbocycles. The Balaban J connectivity index is 1.43. The number of likely N-dealkylation sites (tertiary alicyclic amines) is 1. The van der Waals surface area contributed by atoms with Crippen molar-refractivity contribution in [2.75, 3.05) is 31.5 Å². The minimum absolute atomic E-state index is 0.0989. The molecule has 0 saturated carbocycles. The summed E-state index contributed by atoms with van der Waals surface area (Å²) < 4.78 is 40.6. The number of rotatable bonds is 9. The molecule has 4 rings (SSSR count). The highest BCUT2D eigenvalue weighted by molar-refractivity contribution is 7.92. The van der Waals surface area contributed by atoms with E-state index in [1.54, 1.807) is 31.2 Å². The minimum atomic E-state index is -3.89. The number of halogens is 2. The maximum absolute atomic E-state index is 13.0. The predicted molar refractivity (Wildman–Crippen MR) is 143 cm³/mol. The van der Waals surface area contributed by atoms with Crippen LogP contribution in [0, 0.1) is 12.8 Å². The molecule has 0 bridgehead atoms. The molecule has 10 heteroatoms. The third kappa shape index (κ3) is 6.62. The number of benzene rings is 2. The van der Waals surface area contributed by atoms with Crippen molar-refractivity contribution in [2.24, 2.45) is 5.92 Å². The Bertz CT molecular complexity index is 1310. The van der Waals surface area contributed by atoms with Crippen LogP contribution in [0.2, 0.25) is 10.0 Å². The summed E-state index contributed by atoms with van der Waals surface area (Å²) in [5.74, 6) is 1.41. The van der Waals surface area contributed by atoms with E-state index in [4.69, 9.17) is 32.7 Å². The average molecular weight is 551 g/mol. The quantitative estimate of drug-likeness (QED) is 0.363. The van der Waals surface area contributed by atoms with Gasteiger partial charge in [0, 0.05) is 11.2 Å². The summed E-state index contributed by atoms with van der Waals surface area (Å²) in [6.45, 7) is 4.61. The van der Waals surface area contributed by atoms with E-state index in [-0.39, 0.29) is 17.2 Å². The second-order valence-electron chi connectivity index (χ2n) is 8.95. The van der Waals surface area contributed by atoms with Crippen LogP contribution in [0.25, 0.3) is 0 Å². The number of nitrogens with zero attached hydrogens (tertiary/aromatic N) is 2. The van der Waals surface area contributed by atoms with Crippen LogP contribution in [0.3, 0.4) is 0 Å². The van der Waals surface area contributed by atoms with E-state index in [1.165, 1.54) is 18.5 Å². The van der Waals surface area contributed by atoms with Crippen LogP contribution in [0.4, 0.5) is 5.69 Å². The van der Waals surface area contributed by atoms with E-state index in [2.05, 4.69) is 21.7 Å². The molecular formula is C26H29Cl2N3O4S. The van der Waals surface area contributed by atoms with Crippen molar-refractivity contribution in [1.82, 2.24) is 9.88 Å². The molecule has 1 aromatic heterocycles. The lowest BCUT2D eigenvalue weighted by molar-refractivity contribution is 0.160. The highest BCUT2D eigenvalue weighted by Crippen LogP contribution is 2.31. The van der Waals surface area contributed by atoms with Crippen LogP contribution in [-0.4, -0.2) is 45.0 Å². The lowest BCUT2D eigenvalue weighted by Gasteiger charge is -2.28. The number of pyridine rings is 1. The Labute approximate surface area is 222 Å². The van der Waals surface area contributed by atoms with Gasteiger partial charge in [-0.2, -0.15) is 0 Å². The summed E-state index contributed by atoms with van der Waals surface area (Å²) in [5, 5.41) is 0.916. The van der Waals surface area contributed by atoms with E-state index in [1.807, 2.05) is 12.1 Å². The zero-order chi connectivity index (χ0) is 25.7. The molecule has 1 N–H and O–H groups in total. The van der Waals surface area contributed by atoms with Crippen molar-refractivity contribution in [3.8, 4) is 11.5 Å². The number of hydrogen-bond acceptors (Lipinski definition) is 6. The van der Waals surface area contributed by atoms with Crippen LogP contribution < -0.4 is 14.2 Å². The Hall–Kier alpha value is -2.52.